The molecule has 2 nitrogen and oxygen atoms in total. The minimum absolute atomic E-state index is 0.0399. The summed E-state index contributed by atoms with van der Waals surface area (Å²) < 4.78 is 18.8. The Labute approximate surface area is 89.4 Å². The zero-order valence-corrected chi connectivity index (χ0v) is 9.09. The van der Waals surface area contributed by atoms with E-state index in [0.717, 1.165) is 12.1 Å². The van der Waals surface area contributed by atoms with Crippen LogP contribution in [0.5, 0.6) is 0 Å². The maximum atomic E-state index is 13.1. The van der Waals surface area contributed by atoms with Crippen molar-refractivity contribution >= 4 is 0 Å². The van der Waals surface area contributed by atoms with E-state index in [9.17, 15) is 4.39 Å². The summed E-state index contributed by atoms with van der Waals surface area (Å²) in [5, 5.41) is 3.35. The molecule has 0 aromatic heterocycles. The average molecular weight is 209 g/mol. The van der Waals surface area contributed by atoms with Crippen LogP contribution in [-0.2, 0) is 4.74 Å². The molecule has 2 rings (SSSR count). The summed E-state index contributed by atoms with van der Waals surface area (Å²) in [4.78, 5) is 0. The number of nitrogens with one attached hydrogen (secondary N) is 1. The number of halogens is 1. The molecule has 1 fully saturated rings. The van der Waals surface area contributed by atoms with Crippen LogP contribution < -0.4 is 5.32 Å². The molecule has 0 aliphatic carbocycles. The number of rotatable bonds is 1. The van der Waals surface area contributed by atoms with Crippen LogP contribution in [0.3, 0.4) is 0 Å². The van der Waals surface area contributed by atoms with Crippen LogP contribution in [0.4, 0.5) is 4.39 Å². The van der Waals surface area contributed by atoms with Crippen molar-refractivity contribution in [2.24, 2.45) is 0 Å². The van der Waals surface area contributed by atoms with E-state index in [1.807, 2.05) is 6.07 Å². The fourth-order valence-corrected chi connectivity index (χ4v) is 1.95. The molecule has 1 aromatic rings. The molecule has 2 unspecified atom stereocenters. The number of hydrogen-bond donors (Lipinski definition) is 1. The maximum absolute atomic E-state index is 13.1. The lowest BCUT2D eigenvalue weighted by molar-refractivity contribution is -0.000290. The van der Waals surface area contributed by atoms with E-state index in [1.54, 1.807) is 13.0 Å². The third-order valence-electron chi connectivity index (χ3n) is 2.83. The normalized spacial score (nSPS) is 26.6. The summed E-state index contributed by atoms with van der Waals surface area (Å²) in [6.07, 6.45) is 0.0399. The molecule has 82 valence electrons. The Morgan fingerprint density at radius 2 is 2.27 bits per heavy atom. The van der Waals surface area contributed by atoms with Crippen molar-refractivity contribution in [1.29, 1.82) is 0 Å². The molecule has 1 heterocycles. The van der Waals surface area contributed by atoms with Crippen LogP contribution in [0.1, 0.15) is 24.2 Å². The first kappa shape index (κ1) is 10.6. The lowest BCUT2D eigenvalue weighted by Crippen LogP contribution is -2.41. The van der Waals surface area contributed by atoms with Gasteiger partial charge in [0, 0.05) is 12.6 Å². The number of morpholine rings is 1. The van der Waals surface area contributed by atoms with Gasteiger partial charge in [0.05, 0.1) is 12.7 Å². The van der Waals surface area contributed by atoms with Crippen molar-refractivity contribution in [3.63, 3.8) is 0 Å². The second kappa shape index (κ2) is 4.29. The largest absolute Gasteiger partial charge is 0.371 e. The van der Waals surface area contributed by atoms with Crippen LogP contribution >= 0.6 is 0 Å². The van der Waals surface area contributed by atoms with Crippen molar-refractivity contribution in [2.45, 2.75) is 26.0 Å². The Balaban J connectivity index is 2.24. The van der Waals surface area contributed by atoms with Gasteiger partial charge in [0.15, 0.2) is 0 Å². The molecule has 1 aliphatic heterocycles. The second-order valence-electron chi connectivity index (χ2n) is 4.04. The lowest BCUT2D eigenvalue weighted by atomic mass is 10.0. The zero-order chi connectivity index (χ0) is 10.8. The predicted molar refractivity (Wildman–Crippen MR) is 57.3 cm³/mol. The van der Waals surface area contributed by atoms with E-state index < -0.39 is 0 Å². The Hall–Kier alpha value is -0.930. The molecule has 15 heavy (non-hydrogen) atoms. The van der Waals surface area contributed by atoms with Gasteiger partial charge in [-0.2, -0.15) is 0 Å². The molecule has 0 amide bonds. The number of hydrogen-bond acceptors (Lipinski definition) is 2. The first-order valence-electron chi connectivity index (χ1n) is 5.29. The van der Waals surface area contributed by atoms with Gasteiger partial charge in [-0.3, -0.25) is 0 Å². The van der Waals surface area contributed by atoms with Crippen LogP contribution in [0, 0.1) is 12.7 Å². The van der Waals surface area contributed by atoms with Crippen molar-refractivity contribution < 1.29 is 9.13 Å². The third-order valence-corrected chi connectivity index (χ3v) is 2.83. The smallest absolute Gasteiger partial charge is 0.126 e. The molecule has 1 N–H and O–H groups in total. The summed E-state index contributed by atoms with van der Waals surface area (Å²) in [5.74, 6) is -0.157. The number of benzene rings is 1. The van der Waals surface area contributed by atoms with Crippen LogP contribution in [0.15, 0.2) is 18.2 Å². The minimum atomic E-state index is -0.157. The molecule has 2 atom stereocenters. The SMILES string of the molecule is Cc1cc(C2OCCNC2C)ccc1F. The standard InChI is InChI=1S/C12H16FNO/c1-8-7-10(3-4-11(8)13)12-9(2)14-5-6-15-12/h3-4,7,9,12,14H,5-6H2,1-2H3. The van der Waals surface area contributed by atoms with E-state index in [-0.39, 0.29) is 18.0 Å². The van der Waals surface area contributed by atoms with Gasteiger partial charge in [-0.05, 0) is 31.0 Å². The molecule has 0 radical (unpaired) electrons. The summed E-state index contributed by atoms with van der Waals surface area (Å²) >= 11 is 0. The summed E-state index contributed by atoms with van der Waals surface area (Å²) in [7, 11) is 0. The van der Waals surface area contributed by atoms with Crippen LogP contribution in [0.2, 0.25) is 0 Å². The van der Waals surface area contributed by atoms with Crippen LogP contribution in [-0.4, -0.2) is 19.2 Å². The highest BCUT2D eigenvalue weighted by Gasteiger charge is 2.23. The number of ether oxygens (including phenoxy) is 1. The van der Waals surface area contributed by atoms with E-state index in [0.29, 0.717) is 12.2 Å². The molecule has 1 saturated heterocycles. The van der Waals surface area contributed by atoms with Crippen molar-refractivity contribution in [3.8, 4) is 0 Å². The molecule has 1 aromatic carbocycles. The first-order chi connectivity index (χ1) is 7.18. The van der Waals surface area contributed by atoms with Gasteiger partial charge in [0.1, 0.15) is 5.82 Å². The van der Waals surface area contributed by atoms with Gasteiger partial charge in [0.2, 0.25) is 0 Å². The quantitative estimate of drug-likeness (QED) is 0.765. The van der Waals surface area contributed by atoms with Gasteiger partial charge in [-0.15, -0.1) is 0 Å². The minimum Gasteiger partial charge on any atom is -0.371 e. The van der Waals surface area contributed by atoms with Gasteiger partial charge < -0.3 is 10.1 Å². The Morgan fingerprint density at radius 3 is 2.93 bits per heavy atom. The number of aryl methyl sites for hydroxylation is 1. The van der Waals surface area contributed by atoms with Gasteiger partial charge in [-0.1, -0.05) is 12.1 Å². The topological polar surface area (TPSA) is 21.3 Å². The highest BCUT2D eigenvalue weighted by Crippen LogP contribution is 2.24. The van der Waals surface area contributed by atoms with Gasteiger partial charge in [0.25, 0.3) is 0 Å². The molecular formula is C12H16FNO. The first-order valence-corrected chi connectivity index (χ1v) is 5.29. The van der Waals surface area contributed by atoms with E-state index in [1.165, 1.54) is 6.07 Å². The van der Waals surface area contributed by atoms with Crippen molar-refractivity contribution in [1.82, 2.24) is 5.32 Å². The summed E-state index contributed by atoms with van der Waals surface area (Å²) in [6.45, 7) is 5.46. The van der Waals surface area contributed by atoms with Gasteiger partial charge in [-0.25, -0.2) is 4.39 Å². The molecule has 3 heteroatoms. The Kier molecular flexibility index (Phi) is 3.03. The highest BCUT2D eigenvalue weighted by molar-refractivity contribution is 5.26. The average Bonchev–Trinajstić information content (AvgIpc) is 2.23. The van der Waals surface area contributed by atoms with E-state index in [4.69, 9.17) is 4.74 Å². The van der Waals surface area contributed by atoms with Crippen molar-refractivity contribution in [2.75, 3.05) is 13.2 Å². The fraction of sp³-hybridized carbons (Fsp3) is 0.500. The molecule has 1 aliphatic rings. The van der Waals surface area contributed by atoms with E-state index >= 15 is 0 Å². The lowest BCUT2D eigenvalue weighted by Gasteiger charge is -2.30. The molecular weight excluding hydrogens is 193 g/mol. The summed E-state index contributed by atoms with van der Waals surface area (Å²) in [5.41, 5.74) is 1.72. The Morgan fingerprint density at radius 1 is 1.47 bits per heavy atom. The van der Waals surface area contributed by atoms with Crippen molar-refractivity contribution in [3.05, 3.63) is 35.1 Å². The second-order valence-corrected chi connectivity index (χ2v) is 4.04. The van der Waals surface area contributed by atoms with E-state index in [2.05, 4.69) is 12.2 Å². The monoisotopic (exact) mass is 209 g/mol. The van der Waals surface area contributed by atoms with Gasteiger partial charge >= 0.3 is 0 Å². The fourth-order valence-electron chi connectivity index (χ4n) is 1.95. The zero-order valence-electron chi connectivity index (χ0n) is 9.09. The Bertz CT molecular complexity index is 353. The van der Waals surface area contributed by atoms with Crippen LogP contribution in [0.25, 0.3) is 0 Å². The highest BCUT2D eigenvalue weighted by atomic mass is 19.1. The molecule has 0 spiro atoms. The summed E-state index contributed by atoms with van der Waals surface area (Å²) in [6, 6.07) is 5.46. The molecule has 0 saturated carbocycles. The predicted octanol–water partition coefficient (Wildman–Crippen LogP) is 2.18. The maximum Gasteiger partial charge on any atom is 0.126 e. The molecule has 0 bridgehead atoms. The third kappa shape index (κ3) is 2.19.